The summed E-state index contributed by atoms with van der Waals surface area (Å²) in [7, 11) is 0. The Morgan fingerprint density at radius 2 is 0.714 bits per heavy atom. The van der Waals surface area contributed by atoms with E-state index < -0.39 is 0 Å². The Bertz CT molecular complexity index is 4690. The van der Waals surface area contributed by atoms with E-state index >= 15 is 0 Å². The third kappa shape index (κ3) is 5.31. The van der Waals surface area contributed by atoms with E-state index in [9.17, 15) is 0 Å². The van der Waals surface area contributed by atoms with Gasteiger partial charge in [-0.25, -0.2) is 15.0 Å². The fraction of sp³-hybridized carbons (Fsp3) is 0. The van der Waals surface area contributed by atoms with Gasteiger partial charge in [-0.3, -0.25) is 0 Å². The molecule has 0 N–H and O–H groups in total. The first-order chi connectivity index (χ1) is 34.7. The quantitative estimate of drug-likeness (QED) is 0.175. The number of hydrogen-bond acceptors (Lipinski definition) is 6. The van der Waals surface area contributed by atoms with Crippen molar-refractivity contribution >= 4 is 120 Å². The Balaban J connectivity index is 1.03. The van der Waals surface area contributed by atoms with E-state index in [0.717, 1.165) is 104 Å². The van der Waals surface area contributed by atoms with Crippen molar-refractivity contribution < 1.29 is 13.3 Å². The van der Waals surface area contributed by atoms with Crippen molar-refractivity contribution in [3.8, 4) is 39.9 Å². The van der Waals surface area contributed by atoms with Crippen molar-refractivity contribution in [2.45, 2.75) is 0 Å². The molecule has 0 saturated carbocycles. The summed E-state index contributed by atoms with van der Waals surface area (Å²) in [5.74, 6) is 1.50. The lowest BCUT2D eigenvalue weighted by Crippen LogP contribution is -2.03. The molecule has 0 bridgehead atoms. The second-order valence-corrected chi connectivity index (χ2v) is 18.3. The van der Waals surface area contributed by atoms with Crippen molar-refractivity contribution in [2.75, 3.05) is 0 Å². The number of nitrogens with zero attached hydrogens (tertiary/aromatic N) is 4. The highest BCUT2D eigenvalue weighted by Crippen LogP contribution is 2.48. The van der Waals surface area contributed by atoms with Gasteiger partial charge in [-0.2, -0.15) is 0 Å². The number of furan rings is 3. The third-order valence-electron chi connectivity index (χ3n) is 14.4. The van der Waals surface area contributed by atoms with E-state index in [0.29, 0.717) is 23.1 Å². The molecule has 16 rings (SSSR count). The maximum atomic E-state index is 7.18. The molecule has 70 heavy (non-hydrogen) atoms. The minimum absolute atomic E-state index is 0.487. The molecule has 0 saturated heterocycles. The molecule has 0 aliphatic carbocycles. The highest BCUT2D eigenvalue weighted by molar-refractivity contribution is 6.26. The molecular formula is C63H34N4O3. The van der Waals surface area contributed by atoms with Crippen LogP contribution in [0.15, 0.2) is 220 Å². The second kappa shape index (κ2) is 14.0. The van der Waals surface area contributed by atoms with Crippen LogP contribution in [0.3, 0.4) is 0 Å². The lowest BCUT2D eigenvalue weighted by atomic mass is 9.96. The molecule has 0 aliphatic rings. The van der Waals surface area contributed by atoms with E-state index in [2.05, 4.69) is 156 Å². The van der Waals surface area contributed by atoms with Crippen LogP contribution in [0, 0.1) is 0 Å². The van der Waals surface area contributed by atoms with Crippen LogP contribution in [0.2, 0.25) is 0 Å². The van der Waals surface area contributed by atoms with Crippen molar-refractivity contribution in [1.82, 2.24) is 19.5 Å². The van der Waals surface area contributed by atoms with Gasteiger partial charge in [0.15, 0.2) is 17.5 Å². The molecule has 0 radical (unpaired) electrons. The predicted octanol–water partition coefficient (Wildman–Crippen LogP) is 17.1. The van der Waals surface area contributed by atoms with Gasteiger partial charge in [0.2, 0.25) is 0 Å². The van der Waals surface area contributed by atoms with Crippen LogP contribution in [0.1, 0.15) is 0 Å². The summed E-state index contributed by atoms with van der Waals surface area (Å²) < 4.78 is 22.5. The van der Waals surface area contributed by atoms with Gasteiger partial charge in [-0.15, -0.1) is 0 Å². The normalized spacial score (nSPS) is 12.3. The zero-order valence-corrected chi connectivity index (χ0v) is 37.1. The summed E-state index contributed by atoms with van der Waals surface area (Å²) in [5.41, 5.74) is 10.3. The van der Waals surface area contributed by atoms with Crippen molar-refractivity contribution in [1.29, 1.82) is 0 Å². The van der Waals surface area contributed by atoms with E-state index in [1.54, 1.807) is 0 Å². The van der Waals surface area contributed by atoms with Gasteiger partial charge in [0.1, 0.15) is 33.5 Å². The summed E-state index contributed by atoms with van der Waals surface area (Å²) >= 11 is 0. The highest BCUT2D eigenvalue weighted by Gasteiger charge is 2.28. The molecule has 0 spiro atoms. The molecule has 16 aromatic rings. The maximum Gasteiger partial charge on any atom is 0.168 e. The Kier molecular flexibility index (Phi) is 7.49. The van der Waals surface area contributed by atoms with Gasteiger partial charge < -0.3 is 17.8 Å². The molecular weight excluding hydrogens is 861 g/mol. The Labute approximate surface area is 397 Å². The van der Waals surface area contributed by atoms with Gasteiger partial charge in [0.25, 0.3) is 0 Å². The SMILES string of the molecule is c1ccc2cc3c(cc2c1)c1cc2ccccc2cc1n3-c1c2ccccc2c(-c2nc(-c3ccc4c(c3)oc3ccccc34)nc(-c3ccc4c(c3)oc3ccccc34)n2)c2oc3ccccc3c12. The third-order valence-corrected chi connectivity index (χ3v) is 14.4. The number of para-hydroxylation sites is 3. The zero-order valence-electron chi connectivity index (χ0n) is 37.1. The average molecular weight is 895 g/mol. The number of hydrogen-bond donors (Lipinski definition) is 0. The van der Waals surface area contributed by atoms with Crippen LogP contribution in [0.5, 0.6) is 0 Å². The first-order valence-electron chi connectivity index (χ1n) is 23.5. The van der Waals surface area contributed by atoms with Gasteiger partial charge in [0, 0.05) is 54.2 Å². The smallest absolute Gasteiger partial charge is 0.168 e. The van der Waals surface area contributed by atoms with E-state index in [1.807, 2.05) is 54.6 Å². The Morgan fingerprint density at radius 3 is 1.26 bits per heavy atom. The summed E-state index contributed by atoms with van der Waals surface area (Å²) in [6.07, 6.45) is 0. The monoisotopic (exact) mass is 894 g/mol. The van der Waals surface area contributed by atoms with Crippen LogP contribution in [0.25, 0.3) is 160 Å². The minimum atomic E-state index is 0.487. The van der Waals surface area contributed by atoms with E-state index in [1.165, 1.54) is 32.3 Å². The molecule has 324 valence electrons. The maximum absolute atomic E-state index is 7.18. The highest BCUT2D eigenvalue weighted by atomic mass is 16.3. The molecule has 11 aromatic carbocycles. The standard InChI is InChI=1S/C63H34N4O3/c1-3-15-37-31-50-48(29-35(37)13-1)49-30-36-14-2-4-16-38(36)32-51(49)67(50)59-46-20-6-5-19-45(46)58(60-57(59)47-21-9-12-24-54(47)70-60)63-65-61(39-25-27-43-41-17-7-10-22-52(41)68-55(43)33-39)64-62(66-63)40-26-28-44-42-18-8-11-23-53(42)69-56(44)34-40/h1-34H. The van der Waals surface area contributed by atoms with Crippen LogP contribution in [0.4, 0.5) is 0 Å². The molecule has 7 heteroatoms. The number of benzene rings is 11. The lowest BCUT2D eigenvalue weighted by Gasteiger charge is -2.17. The molecule has 0 aliphatic heterocycles. The minimum Gasteiger partial charge on any atom is -0.456 e. The largest absolute Gasteiger partial charge is 0.456 e. The molecule has 0 amide bonds. The topological polar surface area (TPSA) is 83.0 Å². The molecule has 5 heterocycles. The van der Waals surface area contributed by atoms with E-state index in [-0.39, 0.29) is 0 Å². The zero-order chi connectivity index (χ0) is 45.6. The van der Waals surface area contributed by atoms with Gasteiger partial charge >= 0.3 is 0 Å². The predicted molar refractivity (Wildman–Crippen MR) is 285 cm³/mol. The van der Waals surface area contributed by atoms with Crippen LogP contribution in [-0.4, -0.2) is 19.5 Å². The van der Waals surface area contributed by atoms with Crippen molar-refractivity contribution in [3.05, 3.63) is 206 Å². The van der Waals surface area contributed by atoms with Crippen LogP contribution >= 0.6 is 0 Å². The lowest BCUT2D eigenvalue weighted by molar-refractivity contribution is 0.668. The number of aromatic nitrogens is 4. The van der Waals surface area contributed by atoms with E-state index in [4.69, 9.17) is 28.2 Å². The molecule has 0 atom stereocenters. The molecule has 0 fully saturated rings. The van der Waals surface area contributed by atoms with Gasteiger partial charge in [-0.1, -0.05) is 140 Å². The summed E-state index contributed by atoms with van der Waals surface area (Å²) in [5, 5.41) is 15.2. The first kappa shape index (κ1) is 37.5. The number of fused-ring (bicyclic) bond motifs is 15. The summed E-state index contributed by atoms with van der Waals surface area (Å²) in [4.78, 5) is 16.1. The molecule has 5 aromatic heterocycles. The second-order valence-electron chi connectivity index (χ2n) is 18.3. The average Bonchev–Trinajstić information content (AvgIpc) is 4.17. The van der Waals surface area contributed by atoms with Crippen molar-refractivity contribution in [3.63, 3.8) is 0 Å². The molecule has 0 unspecified atom stereocenters. The Morgan fingerprint density at radius 1 is 0.300 bits per heavy atom. The van der Waals surface area contributed by atoms with Crippen LogP contribution < -0.4 is 0 Å². The first-order valence-corrected chi connectivity index (χ1v) is 23.5. The fourth-order valence-electron chi connectivity index (χ4n) is 11.2. The summed E-state index contributed by atoms with van der Waals surface area (Å²) in [6, 6.07) is 72.2. The van der Waals surface area contributed by atoms with Gasteiger partial charge in [-0.05, 0) is 93.7 Å². The number of rotatable bonds is 4. The summed E-state index contributed by atoms with van der Waals surface area (Å²) in [6.45, 7) is 0. The molecule has 7 nitrogen and oxygen atoms in total. The van der Waals surface area contributed by atoms with Crippen molar-refractivity contribution in [2.24, 2.45) is 0 Å². The van der Waals surface area contributed by atoms with Gasteiger partial charge in [0.05, 0.1) is 27.7 Å². The van der Waals surface area contributed by atoms with Crippen LogP contribution in [-0.2, 0) is 0 Å². The Hall–Kier alpha value is -9.59. The fourth-order valence-corrected chi connectivity index (χ4v) is 11.2.